The molecule has 0 radical (unpaired) electrons. The Morgan fingerprint density at radius 3 is 2.45 bits per heavy atom. The van der Waals surface area contributed by atoms with E-state index in [-0.39, 0.29) is 11.8 Å². The Labute approximate surface area is 181 Å². The maximum absolute atomic E-state index is 12.8. The monoisotopic (exact) mass is 416 g/mol. The lowest BCUT2D eigenvalue weighted by atomic mass is 9.98. The zero-order chi connectivity index (χ0) is 21.8. The number of carbonyl (C=O) groups excluding carboxylic acids is 2. The van der Waals surface area contributed by atoms with Crippen molar-refractivity contribution >= 4 is 17.5 Å². The van der Waals surface area contributed by atoms with Gasteiger partial charge in [-0.05, 0) is 53.9 Å². The van der Waals surface area contributed by atoms with Gasteiger partial charge in [0.2, 0.25) is 0 Å². The van der Waals surface area contributed by atoms with Crippen LogP contribution in [-0.2, 0) is 13.0 Å². The number of rotatable bonds is 5. The van der Waals surface area contributed by atoms with E-state index in [0.29, 0.717) is 41.4 Å². The van der Waals surface area contributed by atoms with Crippen molar-refractivity contribution in [2.45, 2.75) is 13.0 Å². The van der Waals surface area contributed by atoms with Gasteiger partial charge in [0.1, 0.15) is 11.5 Å². The van der Waals surface area contributed by atoms with E-state index in [9.17, 15) is 9.59 Å². The van der Waals surface area contributed by atoms with Gasteiger partial charge in [-0.15, -0.1) is 0 Å². The summed E-state index contributed by atoms with van der Waals surface area (Å²) in [6, 6.07) is 20.2. The Balaban J connectivity index is 1.51. The number of hydrogen-bond acceptors (Lipinski definition) is 4. The molecule has 0 spiro atoms. The molecular formula is C25H24N2O4. The van der Waals surface area contributed by atoms with Crippen molar-refractivity contribution in [3.05, 3.63) is 89.0 Å². The van der Waals surface area contributed by atoms with Crippen molar-refractivity contribution in [2.24, 2.45) is 0 Å². The molecule has 0 saturated carbocycles. The van der Waals surface area contributed by atoms with Crippen LogP contribution in [0.5, 0.6) is 11.5 Å². The van der Waals surface area contributed by atoms with E-state index in [4.69, 9.17) is 9.47 Å². The first-order chi connectivity index (χ1) is 15.1. The summed E-state index contributed by atoms with van der Waals surface area (Å²) >= 11 is 0. The molecule has 0 unspecified atom stereocenters. The summed E-state index contributed by atoms with van der Waals surface area (Å²) in [7, 11) is 3.08. The number of fused-ring (bicyclic) bond motifs is 1. The normalized spacial score (nSPS) is 12.6. The van der Waals surface area contributed by atoms with Crippen LogP contribution in [-0.4, -0.2) is 37.5 Å². The van der Waals surface area contributed by atoms with Gasteiger partial charge in [-0.25, -0.2) is 0 Å². The minimum atomic E-state index is -0.271. The van der Waals surface area contributed by atoms with Crippen molar-refractivity contribution in [1.29, 1.82) is 0 Å². The molecule has 2 amide bonds. The second kappa shape index (κ2) is 8.92. The van der Waals surface area contributed by atoms with E-state index >= 15 is 0 Å². The molecule has 1 aliphatic rings. The van der Waals surface area contributed by atoms with Crippen LogP contribution in [0.25, 0.3) is 0 Å². The van der Waals surface area contributed by atoms with Gasteiger partial charge in [0, 0.05) is 30.4 Å². The molecule has 0 atom stereocenters. The standard InChI is InChI=1S/C25H24N2O4/c1-30-21-10-11-22(23(15-21)31-2)24(28)26-20-9-8-17-12-13-27(16-19(17)14-20)25(29)18-6-4-3-5-7-18/h3-11,14-15H,12-13,16H2,1-2H3,(H,26,28). The van der Waals surface area contributed by atoms with Gasteiger partial charge in [-0.2, -0.15) is 0 Å². The molecule has 0 bridgehead atoms. The van der Waals surface area contributed by atoms with Gasteiger partial charge in [0.05, 0.1) is 19.8 Å². The number of benzene rings is 3. The highest BCUT2D eigenvalue weighted by atomic mass is 16.5. The molecule has 158 valence electrons. The molecule has 0 fully saturated rings. The van der Waals surface area contributed by atoms with Crippen LogP contribution >= 0.6 is 0 Å². The van der Waals surface area contributed by atoms with Crippen molar-refractivity contribution in [3.63, 3.8) is 0 Å². The smallest absolute Gasteiger partial charge is 0.259 e. The molecule has 6 nitrogen and oxygen atoms in total. The third-order valence-corrected chi connectivity index (χ3v) is 5.44. The van der Waals surface area contributed by atoms with Crippen molar-refractivity contribution in [2.75, 3.05) is 26.1 Å². The molecule has 31 heavy (non-hydrogen) atoms. The second-order valence-corrected chi connectivity index (χ2v) is 7.35. The lowest BCUT2D eigenvalue weighted by molar-refractivity contribution is 0.0734. The number of hydrogen-bond donors (Lipinski definition) is 1. The predicted molar refractivity (Wildman–Crippen MR) is 119 cm³/mol. The molecule has 1 aliphatic heterocycles. The number of carbonyl (C=O) groups is 2. The molecule has 6 heteroatoms. The fraction of sp³-hybridized carbons (Fsp3) is 0.200. The quantitative estimate of drug-likeness (QED) is 0.678. The summed E-state index contributed by atoms with van der Waals surface area (Å²) in [6.45, 7) is 1.19. The highest BCUT2D eigenvalue weighted by molar-refractivity contribution is 6.06. The van der Waals surface area contributed by atoms with Gasteiger partial charge < -0.3 is 19.7 Å². The van der Waals surface area contributed by atoms with Crippen LogP contribution in [0.1, 0.15) is 31.8 Å². The van der Waals surface area contributed by atoms with Crippen LogP contribution in [0.4, 0.5) is 5.69 Å². The third kappa shape index (κ3) is 4.38. The second-order valence-electron chi connectivity index (χ2n) is 7.35. The van der Waals surface area contributed by atoms with Crippen molar-refractivity contribution in [3.8, 4) is 11.5 Å². The Kier molecular flexibility index (Phi) is 5.89. The molecule has 4 rings (SSSR count). The number of methoxy groups -OCH3 is 2. The average Bonchev–Trinajstić information content (AvgIpc) is 2.83. The summed E-state index contributed by atoms with van der Waals surface area (Å²) in [6.07, 6.45) is 0.786. The summed E-state index contributed by atoms with van der Waals surface area (Å²) in [5.41, 5.74) is 4.01. The van der Waals surface area contributed by atoms with E-state index in [1.54, 1.807) is 25.3 Å². The van der Waals surface area contributed by atoms with E-state index < -0.39 is 0 Å². The van der Waals surface area contributed by atoms with E-state index in [1.165, 1.54) is 12.7 Å². The maximum atomic E-state index is 12.8. The van der Waals surface area contributed by atoms with Crippen LogP contribution in [0.3, 0.4) is 0 Å². The number of nitrogens with one attached hydrogen (secondary N) is 1. The highest BCUT2D eigenvalue weighted by Gasteiger charge is 2.22. The average molecular weight is 416 g/mol. The predicted octanol–water partition coefficient (Wildman–Crippen LogP) is 4.15. The van der Waals surface area contributed by atoms with Crippen molar-refractivity contribution < 1.29 is 19.1 Å². The van der Waals surface area contributed by atoms with Crippen molar-refractivity contribution in [1.82, 2.24) is 4.90 Å². The van der Waals surface area contributed by atoms with Gasteiger partial charge in [0.25, 0.3) is 11.8 Å². The van der Waals surface area contributed by atoms with E-state index in [1.807, 2.05) is 53.4 Å². The molecular weight excluding hydrogens is 392 g/mol. The Hall–Kier alpha value is -3.80. The van der Waals surface area contributed by atoms with Gasteiger partial charge >= 0.3 is 0 Å². The fourth-order valence-corrected chi connectivity index (χ4v) is 3.76. The highest BCUT2D eigenvalue weighted by Crippen LogP contribution is 2.27. The summed E-state index contributed by atoms with van der Waals surface area (Å²) in [5, 5.41) is 2.93. The van der Waals surface area contributed by atoms with Crippen LogP contribution in [0, 0.1) is 0 Å². The number of anilines is 1. The first-order valence-electron chi connectivity index (χ1n) is 10.1. The molecule has 0 aliphatic carbocycles. The zero-order valence-corrected chi connectivity index (χ0v) is 17.6. The van der Waals surface area contributed by atoms with Crippen LogP contribution in [0.15, 0.2) is 66.7 Å². The molecule has 3 aromatic rings. The Morgan fingerprint density at radius 2 is 1.71 bits per heavy atom. The molecule has 1 N–H and O–H groups in total. The summed E-state index contributed by atoms with van der Waals surface area (Å²) in [4.78, 5) is 27.5. The fourth-order valence-electron chi connectivity index (χ4n) is 3.76. The lowest BCUT2D eigenvalue weighted by Gasteiger charge is -2.29. The first kappa shape index (κ1) is 20.5. The zero-order valence-electron chi connectivity index (χ0n) is 17.6. The largest absolute Gasteiger partial charge is 0.497 e. The molecule has 0 aromatic heterocycles. The lowest BCUT2D eigenvalue weighted by Crippen LogP contribution is -2.36. The van der Waals surface area contributed by atoms with Gasteiger partial charge in [-0.3, -0.25) is 9.59 Å². The van der Waals surface area contributed by atoms with Gasteiger partial charge in [-0.1, -0.05) is 24.3 Å². The van der Waals surface area contributed by atoms with E-state index in [2.05, 4.69) is 5.32 Å². The van der Waals surface area contributed by atoms with Gasteiger partial charge in [0.15, 0.2) is 0 Å². The summed E-state index contributed by atoms with van der Waals surface area (Å²) < 4.78 is 10.5. The molecule has 0 saturated heterocycles. The molecule has 3 aromatic carbocycles. The minimum Gasteiger partial charge on any atom is -0.497 e. The Bertz CT molecular complexity index is 1110. The first-order valence-corrected chi connectivity index (χ1v) is 10.1. The number of ether oxygens (including phenoxy) is 2. The third-order valence-electron chi connectivity index (χ3n) is 5.44. The topological polar surface area (TPSA) is 67.9 Å². The number of amides is 2. The maximum Gasteiger partial charge on any atom is 0.259 e. The van der Waals surface area contributed by atoms with Crippen LogP contribution < -0.4 is 14.8 Å². The molecule has 1 heterocycles. The summed E-state index contributed by atoms with van der Waals surface area (Å²) in [5.74, 6) is 0.802. The van der Waals surface area contributed by atoms with E-state index in [0.717, 1.165) is 12.0 Å². The Morgan fingerprint density at radius 1 is 0.903 bits per heavy atom. The van der Waals surface area contributed by atoms with Crippen LogP contribution in [0.2, 0.25) is 0 Å². The minimum absolute atomic E-state index is 0.0173. The SMILES string of the molecule is COc1ccc(C(=O)Nc2ccc3c(c2)CN(C(=O)c2ccccc2)CC3)c(OC)c1. The number of nitrogens with zero attached hydrogens (tertiary/aromatic N) is 1.